The predicted molar refractivity (Wildman–Crippen MR) is 69.8 cm³/mol. The summed E-state index contributed by atoms with van der Waals surface area (Å²) in [7, 11) is 0. The molecular formula is C14H13N3O2. The fraction of sp³-hybridized carbons (Fsp3) is 0.286. The summed E-state index contributed by atoms with van der Waals surface area (Å²) in [4.78, 5) is 7.76. The first-order valence-corrected chi connectivity index (χ1v) is 6.39. The second-order valence-electron chi connectivity index (χ2n) is 4.79. The first kappa shape index (κ1) is 10.8. The van der Waals surface area contributed by atoms with Crippen molar-refractivity contribution in [1.29, 1.82) is 0 Å². The molecule has 1 fully saturated rings. The number of hydrogen-bond acceptors (Lipinski definition) is 4. The van der Waals surface area contributed by atoms with E-state index in [4.69, 9.17) is 9.26 Å². The van der Waals surface area contributed by atoms with Crippen LogP contribution in [0.3, 0.4) is 0 Å². The lowest BCUT2D eigenvalue weighted by Gasteiger charge is -1.97. The Kier molecular flexibility index (Phi) is 2.38. The number of nitrogens with one attached hydrogen (secondary N) is 1. The van der Waals surface area contributed by atoms with Crippen LogP contribution in [-0.2, 0) is 4.74 Å². The summed E-state index contributed by atoms with van der Waals surface area (Å²) < 4.78 is 10.7. The van der Waals surface area contributed by atoms with Gasteiger partial charge in [-0.3, -0.25) is 0 Å². The van der Waals surface area contributed by atoms with E-state index >= 15 is 0 Å². The molecule has 0 unspecified atom stereocenters. The average Bonchev–Trinajstić information content (AvgIpc) is 3.17. The van der Waals surface area contributed by atoms with Crippen LogP contribution in [0.25, 0.3) is 22.5 Å². The number of nitrogens with zero attached hydrogens (tertiary/aromatic N) is 2. The van der Waals surface area contributed by atoms with Crippen LogP contribution in [0.2, 0.25) is 0 Å². The topological polar surface area (TPSA) is 63.9 Å². The fourth-order valence-corrected chi connectivity index (χ4v) is 2.44. The van der Waals surface area contributed by atoms with E-state index in [1.165, 1.54) is 0 Å². The van der Waals surface area contributed by atoms with E-state index in [0.717, 1.165) is 35.4 Å². The van der Waals surface area contributed by atoms with Gasteiger partial charge in [0.15, 0.2) is 5.82 Å². The highest BCUT2D eigenvalue weighted by Crippen LogP contribution is 2.27. The van der Waals surface area contributed by atoms with Crippen LogP contribution in [0, 0.1) is 0 Å². The van der Waals surface area contributed by atoms with Crippen LogP contribution in [0.15, 0.2) is 34.9 Å². The third kappa shape index (κ3) is 1.82. The Labute approximate surface area is 109 Å². The van der Waals surface area contributed by atoms with Crippen molar-refractivity contribution in [3.63, 3.8) is 0 Å². The number of aromatic amines is 1. The number of ether oxygens (including phenoxy) is 1. The molecule has 1 atom stereocenters. The first-order chi connectivity index (χ1) is 9.40. The summed E-state index contributed by atoms with van der Waals surface area (Å²) >= 11 is 0. The molecule has 0 amide bonds. The Hall–Kier alpha value is -2.14. The number of fused-ring (bicyclic) bond motifs is 1. The molecule has 19 heavy (non-hydrogen) atoms. The monoisotopic (exact) mass is 255 g/mol. The van der Waals surface area contributed by atoms with Crippen molar-refractivity contribution in [2.24, 2.45) is 0 Å². The van der Waals surface area contributed by atoms with Gasteiger partial charge in [-0.05, 0) is 18.6 Å². The first-order valence-electron chi connectivity index (χ1n) is 6.39. The molecule has 3 aromatic rings. The van der Waals surface area contributed by atoms with Crippen LogP contribution in [0.4, 0.5) is 0 Å². The maximum absolute atomic E-state index is 5.35. The standard InChI is InChI=1S/C14H13N3O2/c1-2-4-11-9(3-1)7-12(15-11)14-16-13(17-19-14)10-5-6-18-8-10/h1-4,7,10,15H,5-6,8H2/t10-/m1/s1. The van der Waals surface area contributed by atoms with Gasteiger partial charge in [-0.2, -0.15) is 4.98 Å². The lowest BCUT2D eigenvalue weighted by atomic mass is 10.1. The molecule has 1 saturated heterocycles. The second-order valence-corrected chi connectivity index (χ2v) is 4.79. The van der Waals surface area contributed by atoms with E-state index in [1.807, 2.05) is 24.3 Å². The van der Waals surface area contributed by atoms with E-state index in [1.54, 1.807) is 0 Å². The van der Waals surface area contributed by atoms with E-state index < -0.39 is 0 Å². The zero-order valence-corrected chi connectivity index (χ0v) is 10.3. The molecule has 0 bridgehead atoms. The van der Waals surface area contributed by atoms with Gasteiger partial charge in [0.1, 0.15) is 5.69 Å². The molecule has 1 aromatic carbocycles. The van der Waals surface area contributed by atoms with Crippen molar-refractivity contribution >= 4 is 10.9 Å². The fourth-order valence-electron chi connectivity index (χ4n) is 2.44. The van der Waals surface area contributed by atoms with Crippen molar-refractivity contribution in [3.05, 3.63) is 36.2 Å². The Balaban J connectivity index is 1.71. The molecule has 0 saturated carbocycles. The summed E-state index contributed by atoms with van der Waals surface area (Å²) in [5, 5.41) is 5.20. The van der Waals surface area contributed by atoms with Crippen molar-refractivity contribution < 1.29 is 9.26 Å². The normalized spacial score (nSPS) is 19.3. The molecule has 2 aromatic heterocycles. The van der Waals surface area contributed by atoms with Gasteiger partial charge in [-0.25, -0.2) is 0 Å². The summed E-state index contributed by atoms with van der Waals surface area (Å²) in [6.07, 6.45) is 0.964. The van der Waals surface area contributed by atoms with Gasteiger partial charge in [-0.1, -0.05) is 23.4 Å². The van der Waals surface area contributed by atoms with Crippen LogP contribution >= 0.6 is 0 Å². The molecular weight excluding hydrogens is 242 g/mol. The zero-order valence-electron chi connectivity index (χ0n) is 10.3. The number of H-pyrrole nitrogens is 1. The number of para-hydroxylation sites is 1. The minimum absolute atomic E-state index is 0.266. The van der Waals surface area contributed by atoms with Gasteiger partial charge < -0.3 is 14.2 Å². The molecule has 1 N–H and O–H groups in total. The highest BCUT2D eigenvalue weighted by Gasteiger charge is 2.23. The van der Waals surface area contributed by atoms with E-state index in [-0.39, 0.29) is 5.92 Å². The maximum Gasteiger partial charge on any atom is 0.274 e. The number of benzene rings is 1. The van der Waals surface area contributed by atoms with Gasteiger partial charge in [0, 0.05) is 23.4 Å². The SMILES string of the molecule is c1ccc2[nH]c(-c3nc([C@@H]4CCOC4)no3)cc2c1. The minimum atomic E-state index is 0.266. The van der Waals surface area contributed by atoms with Gasteiger partial charge in [0.25, 0.3) is 5.89 Å². The minimum Gasteiger partial charge on any atom is -0.381 e. The highest BCUT2D eigenvalue weighted by atomic mass is 16.5. The largest absolute Gasteiger partial charge is 0.381 e. The third-order valence-corrected chi connectivity index (χ3v) is 3.50. The molecule has 4 rings (SSSR count). The van der Waals surface area contributed by atoms with Crippen molar-refractivity contribution in [2.75, 3.05) is 13.2 Å². The maximum atomic E-state index is 5.35. The molecule has 5 heteroatoms. The molecule has 3 heterocycles. The molecule has 1 aliphatic rings. The zero-order chi connectivity index (χ0) is 12.7. The van der Waals surface area contributed by atoms with E-state index in [0.29, 0.717) is 12.5 Å². The van der Waals surface area contributed by atoms with Crippen molar-refractivity contribution in [3.8, 4) is 11.6 Å². The quantitative estimate of drug-likeness (QED) is 0.764. The Morgan fingerprint density at radius 1 is 1.26 bits per heavy atom. The van der Waals surface area contributed by atoms with Gasteiger partial charge in [0.2, 0.25) is 0 Å². The van der Waals surface area contributed by atoms with E-state index in [9.17, 15) is 0 Å². The second kappa shape index (κ2) is 4.20. The Morgan fingerprint density at radius 3 is 3.05 bits per heavy atom. The Morgan fingerprint density at radius 2 is 2.21 bits per heavy atom. The summed E-state index contributed by atoms with van der Waals surface area (Å²) in [6, 6.07) is 10.1. The number of rotatable bonds is 2. The van der Waals surface area contributed by atoms with Gasteiger partial charge in [-0.15, -0.1) is 0 Å². The van der Waals surface area contributed by atoms with Crippen LogP contribution in [0.5, 0.6) is 0 Å². The Bertz CT molecular complexity index is 677. The van der Waals surface area contributed by atoms with Gasteiger partial charge >= 0.3 is 0 Å². The molecule has 96 valence electrons. The summed E-state index contributed by atoms with van der Waals surface area (Å²) in [5.41, 5.74) is 1.93. The van der Waals surface area contributed by atoms with Crippen LogP contribution in [0.1, 0.15) is 18.2 Å². The number of hydrogen-bond donors (Lipinski definition) is 1. The van der Waals surface area contributed by atoms with Crippen LogP contribution < -0.4 is 0 Å². The summed E-state index contributed by atoms with van der Waals surface area (Å²) in [6.45, 7) is 1.46. The molecule has 1 aliphatic heterocycles. The van der Waals surface area contributed by atoms with Crippen LogP contribution in [-0.4, -0.2) is 28.3 Å². The third-order valence-electron chi connectivity index (χ3n) is 3.50. The van der Waals surface area contributed by atoms with Crippen molar-refractivity contribution in [1.82, 2.24) is 15.1 Å². The smallest absolute Gasteiger partial charge is 0.274 e. The molecule has 0 radical (unpaired) electrons. The van der Waals surface area contributed by atoms with Gasteiger partial charge in [0.05, 0.1) is 6.61 Å². The number of aromatic nitrogens is 3. The molecule has 5 nitrogen and oxygen atoms in total. The highest BCUT2D eigenvalue weighted by molar-refractivity contribution is 5.84. The molecule has 0 aliphatic carbocycles. The molecule has 0 spiro atoms. The lowest BCUT2D eigenvalue weighted by molar-refractivity contribution is 0.192. The summed E-state index contributed by atoms with van der Waals surface area (Å²) in [5.74, 6) is 1.55. The van der Waals surface area contributed by atoms with E-state index in [2.05, 4.69) is 21.2 Å². The lowest BCUT2D eigenvalue weighted by Crippen LogP contribution is -1.99. The predicted octanol–water partition coefficient (Wildman–Crippen LogP) is 2.72. The average molecular weight is 255 g/mol. The van der Waals surface area contributed by atoms with Crippen molar-refractivity contribution in [2.45, 2.75) is 12.3 Å².